The van der Waals surface area contributed by atoms with Crippen molar-refractivity contribution < 1.29 is 62.6 Å². The summed E-state index contributed by atoms with van der Waals surface area (Å²) >= 11 is 0. The fourth-order valence-corrected chi connectivity index (χ4v) is 12.1. The molecule has 0 unspecified atom stereocenters. The quantitative estimate of drug-likeness (QED) is 0.0862. The minimum atomic E-state index is -1.63. The molecule has 2 heterocycles. The second-order valence-electron chi connectivity index (χ2n) is 28.2. The van der Waals surface area contributed by atoms with Crippen LogP contribution in [0.1, 0.15) is 169 Å². The molecule has 0 saturated carbocycles. The smallest absolute Gasteiger partial charge is 0.246 e. The number of likely N-dealkylation sites (N-methyl/N-ethyl adjacent to an activating group) is 7. The first-order valence-electron chi connectivity index (χ1n) is 33.9. The molecule has 2 aliphatic rings. The molecule has 14 atom stereocenters. The summed E-state index contributed by atoms with van der Waals surface area (Å²) in [6, 6.07) is -14.1. The topological polar surface area (TPSA) is 291 Å². The number of carbonyl (C=O) groups is 11. The van der Waals surface area contributed by atoms with Gasteiger partial charge in [0, 0.05) is 55.9 Å². The summed E-state index contributed by atoms with van der Waals surface area (Å²) in [6.07, 6.45) is 4.46. The van der Waals surface area contributed by atoms with Gasteiger partial charge in [-0.3, -0.25) is 52.7 Å². The van der Waals surface area contributed by atoms with E-state index in [-0.39, 0.29) is 50.0 Å². The Hall–Kier alpha value is -6.21. The molecule has 0 aromatic carbocycles. The van der Waals surface area contributed by atoms with E-state index in [0.717, 1.165) is 42.3 Å². The van der Waals surface area contributed by atoms with Gasteiger partial charge in [0.2, 0.25) is 65.0 Å². The average molecular weight is 1320 g/mol. The van der Waals surface area contributed by atoms with Crippen molar-refractivity contribution in [3.63, 3.8) is 0 Å². The van der Waals surface area contributed by atoms with Crippen molar-refractivity contribution in [1.82, 2.24) is 60.5 Å². The first kappa shape index (κ1) is 82.9. The van der Waals surface area contributed by atoms with E-state index in [9.17, 15) is 33.9 Å². The maximum atomic E-state index is 15.3. The molecule has 0 aromatic heterocycles. The van der Waals surface area contributed by atoms with Gasteiger partial charge in [-0.1, -0.05) is 95.2 Å². The molecular formula is C68H122N12O13. The van der Waals surface area contributed by atoms with Crippen LogP contribution in [0.25, 0.3) is 0 Å². The summed E-state index contributed by atoms with van der Waals surface area (Å²) in [5, 5.41) is 23.3. The Kier molecular flexibility index (Phi) is 34.2. The summed E-state index contributed by atoms with van der Waals surface area (Å²) in [6.45, 7) is 32.5. The third kappa shape index (κ3) is 23.0. The van der Waals surface area contributed by atoms with Gasteiger partial charge < -0.3 is 70.3 Å². The number of nitrogens with zero attached hydrogens (tertiary/aromatic N) is 8. The van der Waals surface area contributed by atoms with E-state index in [4.69, 9.17) is 4.74 Å². The van der Waals surface area contributed by atoms with Crippen molar-refractivity contribution in [2.45, 2.75) is 248 Å². The Morgan fingerprint density at radius 2 is 0.968 bits per heavy atom. The first-order valence-corrected chi connectivity index (χ1v) is 33.9. The molecule has 2 saturated heterocycles. The minimum absolute atomic E-state index is 0.00292. The number of aliphatic hydroxyl groups is 1. The predicted octanol–water partition coefficient (Wildman–Crippen LogP) is 3.50. The van der Waals surface area contributed by atoms with Gasteiger partial charge in [-0.2, -0.15) is 0 Å². The van der Waals surface area contributed by atoms with Gasteiger partial charge in [0.25, 0.3) is 0 Å². The molecule has 93 heavy (non-hydrogen) atoms. The van der Waals surface area contributed by atoms with Crippen LogP contribution in [0.2, 0.25) is 0 Å². The van der Waals surface area contributed by atoms with E-state index in [1.807, 2.05) is 47.6 Å². The lowest BCUT2D eigenvalue weighted by molar-refractivity contribution is -0.157. The lowest BCUT2D eigenvalue weighted by Crippen LogP contribution is -2.64. The van der Waals surface area contributed by atoms with Gasteiger partial charge in [-0.05, 0) is 141 Å². The summed E-state index contributed by atoms with van der Waals surface area (Å²) < 4.78 is 6.32. The number of allylic oxidation sites excluding steroid dienone is 2. The summed E-state index contributed by atoms with van der Waals surface area (Å²) in [4.78, 5) is 174. The maximum absolute atomic E-state index is 15.3. The zero-order chi connectivity index (χ0) is 71.4. The van der Waals surface area contributed by atoms with Crippen LogP contribution in [0.4, 0.5) is 0 Å². The Morgan fingerprint density at radius 1 is 0.495 bits per heavy atom. The third-order valence-corrected chi connectivity index (χ3v) is 18.4. The van der Waals surface area contributed by atoms with E-state index in [1.54, 1.807) is 61.5 Å². The van der Waals surface area contributed by atoms with Crippen LogP contribution in [0.3, 0.4) is 0 Å². The number of unbranched alkanes of at least 4 members (excludes halogenated alkanes) is 1. The van der Waals surface area contributed by atoms with Gasteiger partial charge in [-0.25, -0.2) is 0 Å². The number of hydrogen-bond donors (Lipinski definition) is 5. The normalized spacial score (nSPS) is 27.7. The van der Waals surface area contributed by atoms with Crippen molar-refractivity contribution in [3.05, 3.63) is 12.2 Å². The Bertz CT molecular complexity index is 2540. The van der Waals surface area contributed by atoms with Gasteiger partial charge in [-0.15, -0.1) is 0 Å². The fraction of sp³-hybridized carbons (Fsp3) is 0.809. The van der Waals surface area contributed by atoms with Crippen LogP contribution in [-0.4, -0.2) is 264 Å². The lowest BCUT2D eigenvalue weighted by Gasteiger charge is -2.41. The number of hydrogen-bond acceptors (Lipinski definition) is 14. The van der Waals surface area contributed by atoms with Crippen molar-refractivity contribution >= 4 is 65.0 Å². The monoisotopic (exact) mass is 1310 g/mol. The zero-order valence-electron chi connectivity index (χ0n) is 61.0. The largest absolute Gasteiger partial charge is 0.390 e. The van der Waals surface area contributed by atoms with Crippen LogP contribution < -0.4 is 21.3 Å². The molecule has 0 aromatic rings. The fourth-order valence-electron chi connectivity index (χ4n) is 12.1. The van der Waals surface area contributed by atoms with E-state index in [1.165, 1.54) is 94.6 Å². The van der Waals surface area contributed by atoms with Gasteiger partial charge in [0.15, 0.2) is 0 Å². The van der Waals surface area contributed by atoms with Gasteiger partial charge in [0.1, 0.15) is 66.5 Å². The average Bonchev–Trinajstić information content (AvgIpc) is 0.928. The molecular weight excluding hydrogens is 1190 g/mol. The number of nitrogens with one attached hydrogen (secondary N) is 4. The molecule has 0 radical (unpaired) electrons. The van der Waals surface area contributed by atoms with Crippen molar-refractivity contribution in [2.24, 2.45) is 35.5 Å². The second kappa shape index (κ2) is 38.4. The highest BCUT2D eigenvalue weighted by atomic mass is 16.5. The molecule has 2 fully saturated rings. The molecule has 25 heteroatoms. The number of ether oxygens (including phenoxy) is 1. The van der Waals surface area contributed by atoms with Crippen molar-refractivity contribution in [3.8, 4) is 0 Å². The van der Waals surface area contributed by atoms with E-state index < -0.39 is 161 Å². The number of amides is 11. The maximum Gasteiger partial charge on any atom is 0.246 e. The second-order valence-corrected chi connectivity index (χ2v) is 28.2. The van der Waals surface area contributed by atoms with E-state index in [0.29, 0.717) is 12.8 Å². The molecule has 0 aliphatic carbocycles. The van der Waals surface area contributed by atoms with Crippen molar-refractivity contribution in [1.29, 1.82) is 0 Å². The summed E-state index contributed by atoms with van der Waals surface area (Å²) in [5.74, 6) is -9.95. The Balaban J connectivity index is 3.01. The SMILES string of the molecule is C/C=C/C[C@@H](C)[C@@H](O)[C@H]1C(=O)N[C@@H](CC)C(=O)N(C)[C@H](C)C(=O)N(C)[C@@H]([C@@H](C)OCCCCN2CCC2)C(=O)N[C@@H](C(C)C)C(=O)N(C)[C@H](CC(C)C)C(=O)N[C@@H](C)C(=O)N[C@@H](C)C(=O)N(C)[C@@H](CC(C)C)C(=O)N(C)[C@H](CC(C)C)C(=O)N(C)[C@@H](C(C)C)C(=O)N1C. The number of likely N-dealkylation sites (tertiary alicyclic amines) is 1. The van der Waals surface area contributed by atoms with Gasteiger partial charge in [0.05, 0.1) is 12.2 Å². The number of aliphatic hydroxyl groups excluding tert-OH is 1. The zero-order valence-corrected chi connectivity index (χ0v) is 61.0. The number of rotatable bonds is 20. The molecule has 0 spiro atoms. The van der Waals surface area contributed by atoms with Crippen molar-refractivity contribution in [2.75, 3.05) is 75.6 Å². The minimum Gasteiger partial charge on any atom is -0.390 e. The van der Waals surface area contributed by atoms with Crippen LogP contribution in [-0.2, 0) is 57.5 Å². The first-order chi connectivity index (χ1) is 43.2. The standard InChI is InChI=1S/C68H122N12O13/c1-25-27-31-44(13)57(81)56-61(85)71-49(26-2)64(88)73(18)47(16)63(87)78(23)55(48(17)93-35-29-28-32-80-33-30-34-80)60(84)72-53(42(9)10)67(91)74(19)50(36-39(3)4)59(83)69-45(14)58(82)70-46(15)62(86)75(20)51(37-40(5)6)65(89)76(21)52(38-41(7)8)66(90)77(22)54(43(11)12)68(92)79(56)24/h25,27,39-57,81H,26,28-38H2,1-24H3,(H,69,83)(H,70,82)(H,71,85)(H,72,84)/b27-25+/t44-,45+,46+,47-,48-,49+,50-,51+,52-,53+,54+,55+,56+,57-/m1/s1. The van der Waals surface area contributed by atoms with Crippen LogP contribution >= 0.6 is 0 Å². The highest BCUT2D eigenvalue weighted by Gasteiger charge is 2.46. The lowest BCUT2D eigenvalue weighted by atomic mass is 9.91. The highest BCUT2D eigenvalue weighted by molar-refractivity contribution is 6.00. The van der Waals surface area contributed by atoms with Crippen LogP contribution in [0, 0.1) is 35.5 Å². The Labute approximate surface area is 556 Å². The molecule has 25 nitrogen and oxygen atoms in total. The van der Waals surface area contributed by atoms with E-state index in [2.05, 4.69) is 26.2 Å². The molecule has 11 amide bonds. The summed E-state index contributed by atoms with van der Waals surface area (Å²) in [7, 11) is 9.92. The van der Waals surface area contributed by atoms with Crippen LogP contribution in [0.5, 0.6) is 0 Å². The third-order valence-electron chi connectivity index (χ3n) is 18.4. The molecule has 532 valence electrons. The van der Waals surface area contributed by atoms with Gasteiger partial charge >= 0.3 is 0 Å². The molecule has 2 rings (SSSR count). The summed E-state index contributed by atoms with van der Waals surface area (Å²) in [5.41, 5.74) is 0. The van der Waals surface area contributed by atoms with E-state index >= 15 is 24.0 Å². The highest BCUT2D eigenvalue weighted by Crippen LogP contribution is 2.26. The Morgan fingerprint density at radius 3 is 1.45 bits per heavy atom. The predicted molar refractivity (Wildman–Crippen MR) is 359 cm³/mol. The molecule has 0 bridgehead atoms. The molecule has 2 aliphatic heterocycles. The number of carbonyl (C=O) groups excluding carboxylic acids is 11. The molecule has 5 N–H and O–H groups in total. The van der Waals surface area contributed by atoms with Crippen LogP contribution in [0.15, 0.2) is 12.2 Å².